The van der Waals surface area contributed by atoms with E-state index in [1.807, 2.05) is 6.92 Å². The van der Waals surface area contributed by atoms with Crippen LogP contribution in [0.5, 0.6) is 0 Å². The number of aliphatic carboxylic acids is 4. The number of nitrogens with zero attached hydrogens (tertiary/aromatic N) is 5. The number of anilines is 1. The molecule has 1 aliphatic rings. The van der Waals surface area contributed by atoms with E-state index in [4.69, 9.17) is 18.9 Å². The highest BCUT2D eigenvalue weighted by Gasteiger charge is 2.28. The highest BCUT2D eigenvalue weighted by molar-refractivity contribution is 5.85. The van der Waals surface area contributed by atoms with E-state index in [0.29, 0.717) is 135 Å². The number of rotatable bonds is 38. The Kier molecular flexibility index (Phi) is 31.3. The number of hydrogen-bond donors (Lipinski definition) is 5. The summed E-state index contributed by atoms with van der Waals surface area (Å²) in [5, 5.41) is 41.7. The highest BCUT2D eigenvalue weighted by Crippen LogP contribution is 2.15. The Morgan fingerprint density at radius 1 is 0.603 bits per heavy atom. The average molecular weight is 971 g/mol. The van der Waals surface area contributed by atoms with Crippen LogP contribution in [0.2, 0.25) is 0 Å². The number of Topliss-reactive ketones (excluding diaryl/α,β-unsaturated/α-hetero) is 1. The summed E-state index contributed by atoms with van der Waals surface area (Å²) in [6, 6.07) is -0.920. The zero-order valence-corrected chi connectivity index (χ0v) is 40.3. The minimum Gasteiger partial charge on any atom is -0.480 e. The summed E-state index contributed by atoms with van der Waals surface area (Å²) >= 11 is 0. The van der Waals surface area contributed by atoms with Crippen molar-refractivity contribution in [3.63, 3.8) is 0 Å². The van der Waals surface area contributed by atoms with Gasteiger partial charge in [-0.3, -0.25) is 58.0 Å². The first-order valence-corrected chi connectivity index (χ1v) is 24.1. The Morgan fingerprint density at radius 2 is 1.10 bits per heavy atom. The molecule has 1 aromatic rings. The largest absolute Gasteiger partial charge is 0.480 e. The molecule has 1 amide bonds. The molecule has 0 radical (unpaired) electrons. The summed E-state index contributed by atoms with van der Waals surface area (Å²) in [6.07, 6.45) is 6.33. The lowest BCUT2D eigenvalue weighted by molar-refractivity contribution is -0.145. The number of carboxylic acid groups (broad SMARTS) is 4. The number of hydrogen-bond acceptors (Lipinski definition) is 17. The van der Waals surface area contributed by atoms with Crippen LogP contribution in [-0.2, 0) is 54.1 Å². The third kappa shape index (κ3) is 26.4. The lowest BCUT2D eigenvalue weighted by Crippen LogP contribution is -2.51. The van der Waals surface area contributed by atoms with Gasteiger partial charge in [0.25, 0.3) is 0 Å². The minimum absolute atomic E-state index is 0.0297. The number of unbranched alkanes of at least 4 members (excludes halogenated alkanes) is 4. The van der Waals surface area contributed by atoms with Gasteiger partial charge in [0.15, 0.2) is 5.78 Å². The van der Waals surface area contributed by atoms with E-state index in [1.54, 1.807) is 24.5 Å². The molecule has 388 valence electrons. The number of amides is 1. The number of carboxylic acids is 4. The molecule has 1 heterocycles. The predicted octanol–water partition coefficient (Wildman–Crippen LogP) is 0.571. The Labute approximate surface area is 399 Å². The molecule has 22 heteroatoms. The van der Waals surface area contributed by atoms with Crippen LogP contribution >= 0.6 is 0 Å². The van der Waals surface area contributed by atoms with Crippen molar-refractivity contribution in [2.75, 3.05) is 150 Å². The molecule has 1 fully saturated rings. The Hall–Kier alpha value is -4.42. The van der Waals surface area contributed by atoms with E-state index >= 15 is 0 Å². The fourth-order valence-electron chi connectivity index (χ4n) is 7.81. The Balaban J connectivity index is 1.65. The lowest BCUT2D eigenvalue weighted by Gasteiger charge is -2.35. The third-order valence-corrected chi connectivity index (χ3v) is 11.6. The predicted molar refractivity (Wildman–Crippen MR) is 251 cm³/mol. The van der Waals surface area contributed by atoms with Crippen molar-refractivity contribution >= 4 is 41.3 Å². The molecule has 0 aromatic heterocycles. The third-order valence-electron chi connectivity index (χ3n) is 11.6. The Bertz CT molecular complexity index is 1690. The first-order valence-electron chi connectivity index (χ1n) is 24.1. The van der Waals surface area contributed by atoms with Gasteiger partial charge in [0.2, 0.25) is 16.8 Å². The number of ketones is 1. The van der Waals surface area contributed by atoms with Gasteiger partial charge < -0.3 is 49.6 Å². The molecular formula is C46H78N6O16. The second-order valence-corrected chi connectivity index (χ2v) is 17.0. The Morgan fingerprint density at radius 3 is 1.60 bits per heavy atom. The van der Waals surface area contributed by atoms with Crippen molar-refractivity contribution in [1.29, 1.82) is 0 Å². The standard InChI is InChI=1S/C46H78N6O16/c1-3-65-27-11-16-52(36(2)53)32-37(54)12-6-9-25-66-28-30-68-31-29-67-26-10-7-13-38-43(45(62)44(38)61)47-15-8-4-5-14-39(46(63)64)51-23-21-49(34-41(57)58)19-17-48(33-40(55)56)18-20-50(22-24-51)35-42(59)60/h39,47H,3-35H2,1-2H3,(H,55,56)(H,57,58)(H,59,60)(H,63,64). The van der Waals surface area contributed by atoms with E-state index < -0.39 is 40.8 Å². The summed E-state index contributed by atoms with van der Waals surface area (Å²) < 4.78 is 22.1. The average Bonchev–Trinajstić information content (AvgIpc) is 3.28. The van der Waals surface area contributed by atoms with Crippen LogP contribution in [0.3, 0.4) is 0 Å². The molecule has 1 unspecified atom stereocenters. The number of ether oxygens (including phenoxy) is 4. The molecule has 1 aliphatic heterocycles. The zero-order chi connectivity index (χ0) is 50.1. The fraction of sp³-hybridized carbons (Fsp3) is 0.783. The van der Waals surface area contributed by atoms with Gasteiger partial charge >= 0.3 is 23.9 Å². The summed E-state index contributed by atoms with van der Waals surface area (Å²) in [6.45, 7) is 9.05. The second-order valence-electron chi connectivity index (χ2n) is 17.0. The maximum Gasteiger partial charge on any atom is 0.320 e. The van der Waals surface area contributed by atoms with E-state index in [9.17, 15) is 58.8 Å². The molecular weight excluding hydrogens is 893 g/mol. The molecule has 0 bridgehead atoms. The van der Waals surface area contributed by atoms with Crippen molar-refractivity contribution in [2.24, 2.45) is 0 Å². The quantitative estimate of drug-likeness (QED) is 0.0447. The van der Waals surface area contributed by atoms with Crippen LogP contribution < -0.4 is 16.2 Å². The normalized spacial score (nSPS) is 15.4. The number of carbonyl (C=O) groups excluding carboxylic acids is 2. The molecule has 5 N–H and O–H groups in total. The van der Waals surface area contributed by atoms with Gasteiger partial charge in [0.1, 0.15) is 6.04 Å². The van der Waals surface area contributed by atoms with Gasteiger partial charge in [0, 0.05) is 111 Å². The van der Waals surface area contributed by atoms with Gasteiger partial charge in [0.05, 0.1) is 58.3 Å². The first-order chi connectivity index (χ1) is 32.6. The summed E-state index contributed by atoms with van der Waals surface area (Å²) in [4.78, 5) is 104. The topological polar surface area (TPSA) is 283 Å². The van der Waals surface area contributed by atoms with Gasteiger partial charge in [-0.1, -0.05) is 12.8 Å². The van der Waals surface area contributed by atoms with Gasteiger partial charge in [-0.25, -0.2) is 0 Å². The van der Waals surface area contributed by atoms with Crippen molar-refractivity contribution in [1.82, 2.24) is 24.5 Å². The molecule has 0 spiro atoms. The van der Waals surface area contributed by atoms with Crippen molar-refractivity contribution < 1.29 is 68.1 Å². The molecule has 68 heavy (non-hydrogen) atoms. The molecule has 1 atom stereocenters. The summed E-state index contributed by atoms with van der Waals surface area (Å²) in [5.74, 6) is -4.34. The molecule has 1 aromatic carbocycles. The van der Waals surface area contributed by atoms with Crippen molar-refractivity contribution in [2.45, 2.75) is 90.5 Å². The number of carbonyl (C=O) groups is 6. The second kappa shape index (κ2) is 35.7. The molecule has 0 saturated carbocycles. The van der Waals surface area contributed by atoms with Crippen LogP contribution in [0.15, 0.2) is 9.59 Å². The minimum atomic E-state index is -1.07. The monoisotopic (exact) mass is 971 g/mol. The molecule has 0 aliphatic carbocycles. The van der Waals surface area contributed by atoms with E-state index in [-0.39, 0.29) is 96.6 Å². The lowest BCUT2D eigenvalue weighted by atomic mass is 10.0. The molecule has 2 rings (SSSR count). The van der Waals surface area contributed by atoms with Crippen molar-refractivity contribution in [3.8, 4) is 0 Å². The van der Waals surface area contributed by atoms with Crippen LogP contribution in [0.25, 0.3) is 0 Å². The molecule has 22 nitrogen and oxygen atoms in total. The summed E-state index contributed by atoms with van der Waals surface area (Å²) in [5.41, 5.74) is -0.241. The maximum atomic E-state index is 12.6. The zero-order valence-electron chi connectivity index (χ0n) is 40.3. The smallest absolute Gasteiger partial charge is 0.320 e. The van der Waals surface area contributed by atoms with Gasteiger partial charge in [-0.05, 0) is 58.3 Å². The van der Waals surface area contributed by atoms with Crippen LogP contribution in [0.4, 0.5) is 5.69 Å². The van der Waals surface area contributed by atoms with E-state index in [1.165, 1.54) is 6.92 Å². The van der Waals surface area contributed by atoms with Crippen LogP contribution in [0.1, 0.15) is 83.6 Å². The van der Waals surface area contributed by atoms with Crippen LogP contribution in [0, 0.1) is 0 Å². The highest BCUT2D eigenvalue weighted by atomic mass is 16.5. The maximum absolute atomic E-state index is 12.6. The fourth-order valence-corrected chi connectivity index (χ4v) is 7.81. The van der Waals surface area contributed by atoms with Gasteiger partial charge in [-0.15, -0.1) is 0 Å². The van der Waals surface area contributed by atoms with E-state index in [2.05, 4.69) is 5.32 Å². The first kappa shape index (κ1) is 59.7. The molecule has 1 saturated heterocycles. The number of nitrogens with one attached hydrogen (secondary N) is 1. The van der Waals surface area contributed by atoms with Crippen LogP contribution in [-0.4, -0.2) is 231 Å². The van der Waals surface area contributed by atoms with Gasteiger partial charge in [-0.2, -0.15) is 0 Å². The van der Waals surface area contributed by atoms with E-state index in [0.717, 1.165) is 6.42 Å². The van der Waals surface area contributed by atoms with Crippen molar-refractivity contribution in [3.05, 3.63) is 26.0 Å². The summed E-state index contributed by atoms with van der Waals surface area (Å²) in [7, 11) is 0. The SMILES string of the molecule is CCOCCCN(CC(=O)CCCCOCCOCCOCCCCc1c(NCCCCCC(C(=O)O)N2CCN(CC(=O)O)CCN(CC(=O)O)CCN(CC(=O)O)CC2)c(=O)c1=O)C(C)=O.